The van der Waals surface area contributed by atoms with E-state index in [1.807, 2.05) is 6.92 Å². The molecule has 1 heterocycles. The highest BCUT2D eigenvalue weighted by Crippen LogP contribution is 2.25. The molecule has 2 atom stereocenters. The highest BCUT2D eigenvalue weighted by atomic mass is 16.2. The van der Waals surface area contributed by atoms with Crippen molar-refractivity contribution in [3.8, 4) is 0 Å². The first-order chi connectivity index (χ1) is 7.82. The van der Waals surface area contributed by atoms with Gasteiger partial charge in [-0.1, -0.05) is 27.7 Å². The fourth-order valence-corrected chi connectivity index (χ4v) is 2.08. The normalized spacial score (nSPS) is 26.1. The third-order valence-electron chi connectivity index (χ3n) is 3.63. The lowest BCUT2D eigenvalue weighted by Gasteiger charge is -2.41. The lowest BCUT2D eigenvalue weighted by Crippen LogP contribution is -2.63. The molecule has 0 radical (unpaired) electrons. The first kappa shape index (κ1) is 14.0. The van der Waals surface area contributed by atoms with Gasteiger partial charge in [-0.05, 0) is 25.2 Å². The van der Waals surface area contributed by atoms with Gasteiger partial charge in [0.1, 0.15) is 12.1 Å². The highest BCUT2D eigenvalue weighted by Gasteiger charge is 2.39. The maximum atomic E-state index is 12.1. The predicted octanol–water partition coefficient (Wildman–Crippen LogP) is 1.55. The van der Waals surface area contributed by atoms with Crippen molar-refractivity contribution >= 4 is 11.8 Å². The lowest BCUT2D eigenvalue weighted by atomic mass is 9.88. The third kappa shape index (κ3) is 2.99. The largest absolute Gasteiger partial charge is 0.343 e. The lowest BCUT2D eigenvalue weighted by molar-refractivity contribution is -0.150. The third-order valence-corrected chi connectivity index (χ3v) is 3.63. The van der Waals surface area contributed by atoms with Gasteiger partial charge in [-0.25, -0.2) is 0 Å². The van der Waals surface area contributed by atoms with Crippen molar-refractivity contribution < 1.29 is 9.59 Å². The molecule has 1 rings (SSSR count). The Morgan fingerprint density at radius 1 is 1.29 bits per heavy atom. The van der Waals surface area contributed by atoms with Crippen LogP contribution >= 0.6 is 0 Å². The Labute approximate surface area is 104 Å². The number of hydrogen-bond donors (Lipinski definition) is 1. The van der Waals surface area contributed by atoms with Crippen LogP contribution in [0, 0.1) is 5.41 Å². The second kappa shape index (κ2) is 5.07. The Morgan fingerprint density at radius 3 is 2.35 bits per heavy atom. The van der Waals surface area contributed by atoms with Crippen molar-refractivity contribution in [2.75, 3.05) is 6.54 Å². The Bertz CT molecular complexity index is 313. The molecule has 1 fully saturated rings. The van der Waals surface area contributed by atoms with Crippen LogP contribution in [0.15, 0.2) is 0 Å². The van der Waals surface area contributed by atoms with E-state index in [9.17, 15) is 9.59 Å². The van der Waals surface area contributed by atoms with Crippen LogP contribution in [0.2, 0.25) is 0 Å². The summed E-state index contributed by atoms with van der Waals surface area (Å²) in [5.41, 5.74) is 0.0560. The molecule has 17 heavy (non-hydrogen) atoms. The van der Waals surface area contributed by atoms with Gasteiger partial charge >= 0.3 is 0 Å². The Kier molecular flexibility index (Phi) is 4.17. The molecule has 2 unspecified atom stereocenters. The molecule has 0 spiro atoms. The summed E-state index contributed by atoms with van der Waals surface area (Å²) in [6, 6.07) is -0.692. The van der Waals surface area contributed by atoms with Gasteiger partial charge in [0.25, 0.3) is 0 Å². The van der Waals surface area contributed by atoms with E-state index in [2.05, 4.69) is 26.1 Å². The van der Waals surface area contributed by atoms with Crippen molar-refractivity contribution in [1.82, 2.24) is 10.2 Å². The number of rotatable bonds is 4. The van der Waals surface area contributed by atoms with Crippen LogP contribution in [0.1, 0.15) is 47.5 Å². The molecular weight excluding hydrogens is 216 g/mol. The maximum Gasteiger partial charge on any atom is 0.245 e. The van der Waals surface area contributed by atoms with Gasteiger partial charge < -0.3 is 10.2 Å². The Balaban J connectivity index is 2.90. The molecule has 0 aliphatic carbocycles. The van der Waals surface area contributed by atoms with Crippen LogP contribution in [0.4, 0.5) is 0 Å². The number of nitrogens with zero attached hydrogens (tertiary/aromatic N) is 1. The predicted molar refractivity (Wildman–Crippen MR) is 67.5 cm³/mol. The van der Waals surface area contributed by atoms with Crippen molar-refractivity contribution in [3.05, 3.63) is 0 Å². The van der Waals surface area contributed by atoms with E-state index < -0.39 is 6.04 Å². The van der Waals surface area contributed by atoms with Gasteiger partial charge in [-0.3, -0.25) is 9.59 Å². The SMILES string of the molecule is CCC1C(=O)NC(C)C(=O)N1CC(C)(C)CC. The monoisotopic (exact) mass is 240 g/mol. The van der Waals surface area contributed by atoms with E-state index in [1.165, 1.54) is 0 Å². The summed E-state index contributed by atoms with van der Waals surface area (Å²) >= 11 is 0. The van der Waals surface area contributed by atoms with E-state index >= 15 is 0 Å². The summed E-state index contributed by atoms with van der Waals surface area (Å²) in [5, 5.41) is 2.73. The molecule has 4 heteroatoms. The van der Waals surface area contributed by atoms with Crippen LogP contribution in [-0.4, -0.2) is 35.3 Å². The number of hydrogen-bond acceptors (Lipinski definition) is 2. The fourth-order valence-electron chi connectivity index (χ4n) is 2.08. The molecule has 4 nitrogen and oxygen atoms in total. The number of piperazine rings is 1. The Hall–Kier alpha value is -1.06. The number of nitrogens with one attached hydrogen (secondary N) is 1. The molecule has 1 N–H and O–H groups in total. The maximum absolute atomic E-state index is 12.1. The van der Waals surface area contributed by atoms with Crippen molar-refractivity contribution in [2.24, 2.45) is 5.41 Å². The summed E-state index contributed by atoms with van der Waals surface area (Å²) in [7, 11) is 0. The second-order valence-corrected chi connectivity index (χ2v) is 5.64. The first-order valence-electron chi connectivity index (χ1n) is 6.43. The number of amides is 2. The fraction of sp³-hybridized carbons (Fsp3) is 0.846. The van der Waals surface area contributed by atoms with Crippen LogP contribution in [0.25, 0.3) is 0 Å². The molecule has 0 bridgehead atoms. The molecule has 1 aliphatic heterocycles. The topological polar surface area (TPSA) is 49.4 Å². The molecular formula is C13H24N2O2. The first-order valence-corrected chi connectivity index (χ1v) is 6.43. The van der Waals surface area contributed by atoms with Gasteiger partial charge in [0, 0.05) is 6.54 Å². The average molecular weight is 240 g/mol. The van der Waals surface area contributed by atoms with E-state index in [-0.39, 0.29) is 23.3 Å². The molecule has 0 aromatic carbocycles. The van der Waals surface area contributed by atoms with Gasteiger partial charge in [0.05, 0.1) is 0 Å². The van der Waals surface area contributed by atoms with E-state index in [1.54, 1.807) is 11.8 Å². The van der Waals surface area contributed by atoms with Gasteiger partial charge in [0.2, 0.25) is 11.8 Å². The molecule has 1 aliphatic rings. The minimum atomic E-state index is -0.391. The van der Waals surface area contributed by atoms with Crippen LogP contribution < -0.4 is 5.32 Å². The summed E-state index contributed by atoms with van der Waals surface area (Å²) in [6.07, 6.45) is 1.66. The molecule has 2 amide bonds. The number of carbonyl (C=O) groups excluding carboxylic acids is 2. The van der Waals surface area contributed by atoms with Gasteiger partial charge in [0.15, 0.2) is 0 Å². The van der Waals surface area contributed by atoms with Crippen LogP contribution in [-0.2, 0) is 9.59 Å². The molecule has 1 saturated heterocycles. The highest BCUT2D eigenvalue weighted by molar-refractivity contribution is 5.96. The van der Waals surface area contributed by atoms with Crippen LogP contribution in [0.5, 0.6) is 0 Å². The van der Waals surface area contributed by atoms with Crippen molar-refractivity contribution in [3.63, 3.8) is 0 Å². The zero-order chi connectivity index (χ0) is 13.2. The van der Waals surface area contributed by atoms with E-state index in [0.717, 1.165) is 6.42 Å². The molecule has 0 aromatic rings. The van der Waals surface area contributed by atoms with Crippen LogP contribution in [0.3, 0.4) is 0 Å². The summed E-state index contributed by atoms with van der Waals surface area (Å²) < 4.78 is 0. The molecule has 0 aromatic heterocycles. The van der Waals surface area contributed by atoms with Crippen molar-refractivity contribution in [1.29, 1.82) is 0 Å². The zero-order valence-electron chi connectivity index (χ0n) is 11.5. The zero-order valence-corrected chi connectivity index (χ0v) is 11.5. The smallest absolute Gasteiger partial charge is 0.245 e. The van der Waals surface area contributed by atoms with Gasteiger partial charge in [-0.15, -0.1) is 0 Å². The minimum Gasteiger partial charge on any atom is -0.343 e. The quantitative estimate of drug-likeness (QED) is 0.810. The molecule has 98 valence electrons. The summed E-state index contributed by atoms with van der Waals surface area (Å²) in [6.45, 7) is 10.7. The standard InChI is InChI=1S/C13H24N2O2/c1-6-10-11(16)14-9(3)12(17)15(10)8-13(4,5)7-2/h9-10H,6-8H2,1-5H3,(H,14,16). The molecule has 0 saturated carbocycles. The summed E-state index contributed by atoms with van der Waals surface area (Å²) in [5.74, 6) is 0.0180. The average Bonchev–Trinajstić information content (AvgIpc) is 2.26. The van der Waals surface area contributed by atoms with E-state index in [4.69, 9.17) is 0 Å². The minimum absolute atomic E-state index is 0.0218. The van der Waals surface area contributed by atoms with Gasteiger partial charge in [-0.2, -0.15) is 0 Å². The van der Waals surface area contributed by atoms with E-state index in [0.29, 0.717) is 13.0 Å². The number of carbonyl (C=O) groups is 2. The Morgan fingerprint density at radius 2 is 1.88 bits per heavy atom. The summed E-state index contributed by atoms with van der Waals surface area (Å²) in [4.78, 5) is 25.8. The van der Waals surface area contributed by atoms with Crippen molar-refractivity contribution in [2.45, 2.75) is 59.5 Å². The second-order valence-electron chi connectivity index (χ2n) is 5.64.